The topological polar surface area (TPSA) is 144 Å². The number of anilines is 1. The van der Waals surface area contributed by atoms with Crippen molar-refractivity contribution < 1.29 is 30.7 Å². The maximum absolute atomic E-state index is 11.7. The van der Waals surface area contributed by atoms with Gasteiger partial charge >= 0.3 is 10.4 Å². The fourth-order valence-corrected chi connectivity index (χ4v) is 2.81. The summed E-state index contributed by atoms with van der Waals surface area (Å²) < 4.78 is 56.2. The predicted octanol–water partition coefficient (Wildman–Crippen LogP) is -0.432. The lowest BCUT2D eigenvalue weighted by molar-refractivity contribution is 0.284. The zero-order chi connectivity index (χ0) is 14.0. The number of hydrogen-bond acceptors (Lipinski definition) is 7. The number of phenolic OH excluding ortho intramolecular Hbond substituents is 1. The number of para-hydroxylation sites is 1. The van der Waals surface area contributed by atoms with Crippen LogP contribution in [0.2, 0.25) is 0 Å². The second-order valence-electron chi connectivity index (χ2n) is 3.26. The molecule has 0 aromatic heterocycles. The van der Waals surface area contributed by atoms with Crippen molar-refractivity contribution in [1.29, 1.82) is 0 Å². The molecule has 18 heavy (non-hydrogen) atoms. The van der Waals surface area contributed by atoms with Gasteiger partial charge in [-0.15, -0.1) is 0 Å². The van der Waals surface area contributed by atoms with E-state index < -0.39 is 38.3 Å². The van der Waals surface area contributed by atoms with Crippen molar-refractivity contribution in [3.05, 3.63) is 18.2 Å². The maximum Gasteiger partial charge on any atom is 0.397 e. The third-order valence-electron chi connectivity index (χ3n) is 1.96. The summed E-state index contributed by atoms with van der Waals surface area (Å²) in [7, 11) is -8.61. The fraction of sp³-hybridized carbons (Fsp3) is 0.250. The Kier molecular flexibility index (Phi) is 4.16. The molecular formula is C8H11NO7S2. The minimum atomic E-state index is -4.69. The summed E-state index contributed by atoms with van der Waals surface area (Å²) >= 11 is 0. The number of aromatic hydroxyl groups is 1. The molecule has 0 aliphatic carbocycles. The van der Waals surface area contributed by atoms with E-state index in [9.17, 15) is 21.9 Å². The summed E-state index contributed by atoms with van der Waals surface area (Å²) in [6.45, 7) is -0.754. The highest BCUT2D eigenvalue weighted by atomic mass is 32.3. The lowest BCUT2D eigenvalue weighted by Crippen LogP contribution is -2.16. The molecule has 4 N–H and O–H groups in total. The van der Waals surface area contributed by atoms with E-state index in [1.54, 1.807) is 0 Å². The van der Waals surface area contributed by atoms with Gasteiger partial charge < -0.3 is 10.8 Å². The zero-order valence-electron chi connectivity index (χ0n) is 8.98. The minimum Gasteiger partial charge on any atom is -0.506 e. The van der Waals surface area contributed by atoms with Gasteiger partial charge in [-0.1, -0.05) is 6.07 Å². The van der Waals surface area contributed by atoms with Crippen LogP contribution in [-0.4, -0.2) is 38.9 Å². The lowest BCUT2D eigenvalue weighted by Gasteiger charge is -2.08. The van der Waals surface area contributed by atoms with Crippen LogP contribution in [0.4, 0.5) is 5.69 Å². The molecule has 0 aliphatic heterocycles. The van der Waals surface area contributed by atoms with Gasteiger partial charge in [0.1, 0.15) is 5.75 Å². The largest absolute Gasteiger partial charge is 0.506 e. The Morgan fingerprint density at radius 1 is 1.22 bits per heavy atom. The number of nitrogen functional groups attached to an aromatic ring is 1. The van der Waals surface area contributed by atoms with E-state index in [0.29, 0.717) is 0 Å². The third kappa shape index (κ3) is 3.84. The van der Waals surface area contributed by atoms with Crippen molar-refractivity contribution in [3.63, 3.8) is 0 Å². The molecule has 0 bridgehead atoms. The van der Waals surface area contributed by atoms with Gasteiger partial charge in [-0.3, -0.25) is 4.55 Å². The molecular weight excluding hydrogens is 286 g/mol. The third-order valence-corrected chi connectivity index (χ3v) is 4.16. The first-order valence-corrected chi connectivity index (χ1v) is 7.57. The predicted molar refractivity (Wildman–Crippen MR) is 62.1 cm³/mol. The van der Waals surface area contributed by atoms with Crippen LogP contribution >= 0.6 is 0 Å². The van der Waals surface area contributed by atoms with Crippen LogP contribution in [0.3, 0.4) is 0 Å². The smallest absolute Gasteiger partial charge is 0.397 e. The molecule has 0 saturated heterocycles. The number of benzene rings is 1. The standard InChI is InChI=1S/C8H11NO7S2/c9-8-6(10)2-1-3-7(8)17(11,12)5-4-16-18(13,14)15/h1-3,10H,4-5,9H2,(H,13,14,15). The molecule has 0 aliphatic rings. The second-order valence-corrected chi connectivity index (χ2v) is 6.43. The van der Waals surface area contributed by atoms with Crippen molar-refractivity contribution in [2.45, 2.75) is 4.90 Å². The first-order chi connectivity index (χ1) is 8.13. The quantitative estimate of drug-likeness (QED) is 0.377. The van der Waals surface area contributed by atoms with E-state index >= 15 is 0 Å². The molecule has 0 fully saturated rings. The highest BCUT2D eigenvalue weighted by molar-refractivity contribution is 7.91. The second kappa shape index (κ2) is 5.10. The van der Waals surface area contributed by atoms with Gasteiger partial charge in [0.2, 0.25) is 0 Å². The summed E-state index contributed by atoms with van der Waals surface area (Å²) in [5.41, 5.74) is 5.06. The molecule has 0 unspecified atom stereocenters. The molecule has 102 valence electrons. The zero-order valence-corrected chi connectivity index (χ0v) is 10.6. The number of nitrogens with two attached hydrogens (primary N) is 1. The van der Waals surface area contributed by atoms with Crippen LogP contribution in [0.5, 0.6) is 5.75 Å². The number of rotatable bonds is 5. The van der Waals surface area contributed by atoms with Crippen LogP contribution in [0.15, 0.2) is 23.1 Å². The summed E-state index contributed by atoms with van der Waals surface area (Å²) in [6, 6.07) is 3.66. The lowest BCUT2D eigenvalue weighted by atomic mass is 10.3. The highest BCUT2D eigenvalue weighted by Crippen LogP contribution is 2.27. The fourth-order valence-electron chi connectivity index (χ4n) is 1.16. The molecule has 0 radical (unpaired) electrons. The van der Waals surface area contributed by atoms with Gasteiger partial charge in [0, 0.05) is 0 Å². The average molecular weight is 297 g/mol. The van der Waals surface area contributed by atoms with Crippen LogP contribution in [0.1, 0.15) is 0 Å². The van der Waals surface area contributed by atoms with Gasteiger partial charge in [0.15, 0.2) is 9.84 Å². The summed E-state index contributed by atoms with van der Waals surface area (Å²) in [4.78, 5) is -0.332. The number of hydrogen-bond donors (Lipinski definition) is 3. The van der Waals surface area contributed by atoms with Gasteiger partial charge in [0.25, 0.3) is 0 Å². The summed E-state index contributed by atoms with van der Waals surface area (Å²) in [6.07, 6.45) is 0. The van der Waals surface area contributed by atoms with Crippen LogP contribution in [0, 0.1) is 0 Å². The van der Waals surface area contributed by atoms with Crippen molar-refractivity contribution in [3.8, 4) is 5.75 Å². The van der Waals surface area contributed by atoms with E-state index in [2.05, 4.69) is 4.18 Å². The Morgan fingerprint density at radius 3 is 2.39 bits per heavy atom. The number of phenols is 1. The van der Waals surface area contributed by atoms with Crippen molar-refractivity contribution >= 4 is 25.9 Å². The Hall–Kier alpha value is -1.36. The number of sulfone groups is 1. The Labute approximate surface area is 104 Å². The van der Waals surface area contributed by atoms with E-state index in [0.717, 1.165) is 6.07 Å². The van der Waals surface area contributed by atoms with Gasteiger partial charge in [-0.25, -0.2) is 12.6 Å². The van der Waals surface area contributed by atoms with E-state index in [4.69, 9.17) is 10.3 Å². The molecule has 0 atom stereocenters. The maximum atomic E-state index is 11.7. The molecule has 1 rings (SSSR count). The minimum absolute atomic E-state index is 0.329. The Balaban J connectivity index is 2.91. The van der Waals surface area contributed by atoms with Gasteiger partial charge in [0.05, 0.1) is 22.9 Å². The van der Waals surface area contributed by atoms with Crippen LogP contribution in [0.25, 0.3) is 0 Å². The van der Waals surface area contributed by atoms with Crippen molar-refractivity contribution in [2.75, 3.05) is 18.1 Å². The van der Waals surface area contributed by atoms with Crippen molar-refractivity contribution in [1.82, 2.24) is 0 Å². The molecule has 0 saturated carbocycles. The van der Waals surface area contributed by atoms with E-state index in [1.165, 1.54) is 12.1 Å². The first kappa shape index (κ1) is 14.7. The normalized spacial score (nSPS) is 12.5. The molecule has 0 heterocycles. The highest BCUT2D eigenvalue weighted by Gasteiger charge is 2.20. The molecule has 1 aromatic rings. The average Bonchev–Trinajstić information content (AvgIpc) is 2.19. The van der Waals surface area contributed by atoms with Gasteiger partial charge in [-0.2, -0.15) is 8.42 Å². The molecule has 0 spiro atoms. The Morgan fingerprint density at radius 2 is 1.83 bits per heavy atom. The van der Waals surface area contributed by atoms with E-state index in [1.807, 2.05) is 0 Å². The first-order valence-electron chi connectivity index (χ1n) is 4.55. The summed E-state index contributed by atoms with van der Waals surface area (Å²) in [5, 5.41) is 9.26. The summed E-state index contributed by atoms with van der Waals surface area (Å²) in [5.74, 6) is -1.10. The van der Waals surface area contributed by atoms with E-state index in [-0.39, 0.29) is 10.6 Å². The molecule has 8 nitrogen and oxygen atoms in total. The van der Waals surface area contributed by atoms with Crippen LogP contribution < -0.4 is 5.73 Å². The van der Waals surface area contributed by atoms with Crippen molar-refractivity contribution in [2.24, 2.45) is 0 Å². The van der Waals surface area contributed by atoms with Gasteiger partial charge in [-0.05, 0) is 12.1 Å². The Bertz CT molecular complexity index is 635. The molecule has 1 aromatic carbocycles. The monoisotopic (exact) mass is 297 g/mol. The SMILES string of the molecule is Nc1c(O)cccc1S(=O)(=O)CCOS(=O)(=O)O. The molecule has 0 amide bonds. The molecule has 10 heteroatoms. The van der Waals surface area contributed by atoms with Crippen LogP contribution in [-0.2, 0) is 24.4 Å².